The van der Waals surface area contributed by atoms with E-state index in [4.69, 9.17) is 9.47 Å². The topological polar surface area (TPSA) is 35.5 Å². The molecule has 0 bridgehead atoms. The van der Waals surface area contributed by atoms with Gasteiger partial charge < -0.3 is 9.47 Å². The predicted molar refractivity (Wildman–Crippen MR) is 136 cm³/mol. The number of ether oxygens (including phenoxy) is 2. The first-order valence-electron chi connectivity index (χ1n) is 13.6. The second-order valence-electron chi connectivity index (χ2n) is 10.2. The summed E-state index contributed by atoms with van der Waals surface area (Å²) in [5.41, 5.74) is -0.686. The summed E-state index contributed by atoms with van der Waals surface area (Å²) in [5, 5.41) is 0. The highest BCUT2D eigenvalue weighted by molar-refractivity contribution is 5.94. The van der Waals surface area contributed by atoms with Crippen molar-refractivity contribution in [1.82, 2.24) is 0 Å². The van der Waals surface area contributed by atoms with E-state index in [0.717, 1.165) is 57.8 Å². The predicted octanol–water partition coefficient (Wildman–Crippen LogP) is 9.48. The summed E-state index contributed by atoms with van der Waals surface area (Å²) < 4.78 is 67.0. The number of para-hydroxylation sites is 1. The van der Waals surface area contributed by atoms with Gasteiger partial charge in [0.25, 0.3) is 0 Å². The third-order valence-corrected chi connectivity index (χ3v) is 7.36. The average Bonchev–Trinajstić information content (AvgIpc) is 2.89. The van der Waals surface area contributed by atoms with Gasteiger partial charge in [0.15, 0.2) is 17.5 Å². The fraction of sp³-hybridized carbons (Fsp3) is 0.567. The van der Waals surface area contributed by atoms with Crippen LogP contribution in [0, 0.1) is 22.9 Å². The minimum absolute atomic E-state index is 0.00364. The van der Waals surface area contributed by atoms with Crippen molar-refractivity contribution >= 4 is 5.97 Å². The molecule has 1 saturated carbocycles. The maximum atomic E-state index is 15.8. The number of rotatable bonds is 14. The summed E-state index contributed by atoms with van der Waals surface area (Å²) in [6, 6.07) is 7.20. The minimum atomic E-state index is -1.65. The number of hydrogen-bond donors (Lipinski definition) is 0. The first-order valence-corrected chi connectivity index (χ1v) is 13.6. The van der Waals surface area contributed by atoms with Crippen LogP contribution in [0.5, 0.6) is 11.5 Å². The Morgan fingerprint density at radius 2 is 1.49 bits per heavy atom. The van der Waals surface area contributed by atoms with Crippen molar-refractivity contribution in [2.45, 2.75) is 103 Å². The van der Waals surface area contributed by atoms with Gasteiger partial charge in [-0.2, -0.15) is 0 Å². The van der Waals surface area contributed by atoms with Crippen LogP contribution in [0.4, 0.5) is 17.6 Å². The fourth-order valence-corrected chi connectivity index (χ4v) is 5.19. The van der Waals surface area contributed by atoms with E-state index in [1.807, 2.05) is 0 Å². The molecule has 0 radical (unpaired) electrons. The van der Waals surface area contributed by atoms with Crippen LogP contribution < -0.4 is 9.47 Å². The van der Waals surface area contributed by atoms with Gasteiger partial charge in [0.2, 0.25) is 6.36 Å². The van der Waals surface area contributed by atoms with Gasteiger partial charge in [-0.1, -0.05) is 89.7 Å². The van der Waals surface area contributed by atoms with E-state index in [1.54, 1.807) is 12.1 Å². The Labute approximate surface area is 217 Å². The molecule has 0 spiro atoms. The van der Waals surface area contributed by atoms with E-state index in [2.05, 4.69) is 6.92 Å². The Balaban J connectivity index is 1.64. The van der Waals surface area contributed by atoms with Crippen LogP contribution in [0.3, 0.4) is 0 Å². The number of esters is 1. The number of halogens is 4. The summed E-state index contributed by atoms with van der Waals surface area (Å²) in [7, 11) is 0. The molecule has 0 amide bonds. The molecule has 204 valence electrons. The van der Waals surface area contributed by atoms with Gasteiger partial charge in [-0.15, -0.1) is 0 Å². The van der Waals surface area contributed by atoms with Gasteiger partial charge in [-0.25, -0.2) is 22.4 Å². The molecule has 7 heteroatoms. The van der Waals surface area contributed by atoms with Crippen molar-refractivity contribution in [2.75, 3.05) is 0 Å². The summed E-state index contributed by atoms with van der Waals surface area (Å²) in [5.74, 6) is -6.07. The van der Waals surface area contributed by atoms with Crippen molar-refractivity contribution in [3.63, 3.8) is 0 Å². The molecule has 0 saturated heterocycles. The molecule has 0 aliphatic heterocycles. The van der Waals surface area contributed by atoms with E-state index >= 15 is 4.39 Å². The van der Waals surface area contributed by atoms with E-state index in [0.29, 0.717) is 12.1 Å². The normalized spacial score (nSPS) is 15.8. The maximum Gasteiger partial charge on any atom is 0.347 e. The fourth-order valence-electron chi connectivity index (χ4n) is 5.19. The molecule has 37 heavy (non-hydrogen) atoms. The highest BCUT2D eigenvalue weighted by Gasteiger charge is 2.42. The lowest BCUT2D eigenvalue weighted by molar-refractivity contribution is -0.0796. The summed E-state index contributed by atoms with van der Waals surface area (Å²) >= 11 is 0. The largest absolute Gasteiger partial charge is 0.459 e. The average molecular weight is 523 g/mol. The van der Waals surface area contributed by atoms with Gasteiger partial charge in [0.1, 0.15) is 17.1 Å². The number of carbonyl (C=O) groups excluding carboxylic acids is 1. The van der Waals surface area contributed by atoms with Gasteiger partial charge in [0.05, 0.1) is 0 Å². The number of unbranched alkanes of at least 4 members (excludes halogenated alkanes) is 7. The van der Waals surface area contributed by atoms with Crippen LogP contribution in [-0.2, 0) is 0 Å². The zero-order valence-electron chi connectivity index (χ0n) is 21.7. The molecule has 3 rings (SSSR count). The van der Waals surface area contributed by atoms with E-state index in [1.165, 1.54) is 44.2 Å². The highest BCUT2D eigenvalue weighted by atomic mass is 19.2. The van der Waals surface area contributed by atoms with Gasteiger partial charge in [-0.3, -0.25) is 0 Å². The summed E-state index contributed by atoms with van der Waals surface area (Å²) in [4.78, 5) is 12.8. The molecule has 0 aromatic heterocycles. The van der Waals surface area contributed by atoms with Gasteiger partial charge in [-0.05, 0) is 31.4 Å². The van der Waals surface area contributed by atoms with Gasteiger partial charge >= 0.3 is 5.97 Å². The zero-order valence-corrected chi connectivity index (χ0v) is 21.7. The van der Waals surface area contributed by atoms with Crippen molar-refractivity contribution in [1.29, 1.82) is 0 Å². The molecule has 0 heterocycles. The quantitative estimate of drug-likeness (QED) is 0.0815. The second kappa shape index (κ2) is 14.4. The monoisotopic (exact) mass is 522 g/mol. The second-order valence-corrected chi connectivity index (χ2v) is 10.2. The third kappa shape index (κ3) is 8.21. The molecule has 1 atom stereocenters. The number of benzene rings is 2. The number of hydrogen-bond acceptors (Lipinski definition) is 3. The van der Waals surface area contributed by atoms with Gasteiger partial charge in [0, 0.05) is 17.5 Å². The maximum absolute atomic E-state index is 15.8. The SMILES string of the molecule is CCCCCCCCCCC1(C(F)Oc2ccccc2C(=O)Oc2cc(F)c(F)c(F)c2)CCCCC1. The van der Waals surface area contributed by atoms with E-state index < -0.39 is 40.9 Å². The number of alkyl halides is 1. The minimum Gasteiger partial charge on any atom is -0.459 e. The molecular formula is C30H38F4O3. The lowest BCUT2D eigenvalue weighted by atomic mass is 9.70. The van der Waals surface area contributed by atoms with Crippen molar-refractivity contribution in [3.05, 3.63) is 59.4 Å². The Hall–Kier alpha value is -2.57. The molecular weight excluding hydrogens is 484 g/mol. The van der Waals surface area contributed by atoms with Crippen LogP contribution in [-0.4, -0.2) is 12.3 Å². The van der Waals surface area contributed by atoms with Crippen LogP contribution in [0.25, 0.3) is 0 Å². The summed E-state index contributed by atoms with van der Waals surface area (Å²) in [6.07, 6.45) is 12.9. The molecule has 2 aromatic carbocycles. The Kier molecular flexibility index (Phi) is 11.3. The van der Waals surface area contributed by atoms with Crippen LogP contribution in [0.15, 0.2) is 36.4 Å². The molecule has 3 nitrogen and oxygen atoms in total. The van der Waals surface area contributed by atoms with Crippen LogP contribution in [0.2, 0.25) is 0 Å². The van der Waals surface area contributed by atoms with Crippen molar-refractivity contribution in [2.24, 2.45) is 5.41 Å². The van der Waals surface area contributed by atoms with Crippen molar-refractivity contribution in [3.8, 4) is 11.5 Å². The first-order chi connectivity index (χ1) is 17.9. The first kappa shape index (κ1) is 29.0. The Bertz CT molecular complexity index is 981. The highest BCUT2D eigenvalue weighted by Crippen LogP contribution is 2.46. The number of carbonyl (C=O) groups is 1. The van der Waals surface area contributed by atoms with E-state index in [-0.39, 0.29) is 11.3 Å². The molecule has 1 aliphatic carbocycles. The summed E-state index contributed by atoms with van der Waals surface area (Å²) in [6.45, 7) is 2.20. The lowest BCUT2D eigenvalue weighted by Crippen LogP contribution is -2.38. The molecule has 1 fully saturated rings. The molecule has 2 aromatic rings. The molecule has 1 aliphatic rings. The Morgan fingerprint density at radius 3 is 2.14 bits per heavy atom. The molecule has 1 unspecified atom stereocenters. The van der Waals surface area contributed by atoms with E-state index in [9.17, 15) is 18.0 Å². The Morgan fingerprint density at radius 1 is 0.892 bits per heavy atom. The van der Waals surface area contributed by atoms with Crippen molar-refractivity contribution < 1.29 is 31.8 Å². The third-order valence-electron chi connectivity index (χ3n) is 7.36. The zero-order chi connectivity index (χ0) is 26.7. The standard InChI is InChI=1S/C30H38F4O3/c1-2-3-4-5-6-7-8-12-17-30(18-13-9-14-19-30)29(34)37-26-16-11-10-15-23(26)28(35)36-22-20-24(31)27(33)25(32)21-22/h10-11,15-16,20-21,29H,2-9,12-14,17-19H2,1H3. The van der Waals surface area contributed by atoms with Crippen LogP contribution in [0.1, 0.15) is 107 Å². The lowest BCUT2D eigenvalue weighted by Gasteiger charge is -2.39. The van der Waals surface area contributed by atoms with Crippen LogP contribution >= 0.6 is 0 Å². The smallest absolute Gasteiger partial charge is 0.347 e. The molecule has 0 N–H and O–H groups in total.